The molecule has 1 aliphatic rings. The van der Waals surface area contributed by atoms with Crippen LogP contribution in [-0.4, -0.2) is 40.5 Å². The van der Waals surface area contributed by atoms with Crippen LogP contribution in [0.2, 0.25) is 0 Å². The molecule has 4 aromatic rings. The van der Waals surface area contributed by atoms with Crippen LogP contribution in [0.1, 0.15) is 70.2 Å². The van der Waals surface area contributed by atoms with Gasteiger partial charge in [0.2, 0.25) is 5.82 Å². The summed E-state index contributed by atoms with van der Waals surface area (Å²) in [6, 6.07) is 11.4. The molecule has 1 N–H and O–H groups in total. The molecule has 38 heavy (non-hydrogen) atoms. The van der Waals surface area contributed by atoms with Crippen molar-refractivity contribution >= 4 is 5.78 Å². The third-order valence-electron chi connectivity index (χ3n) is 7.68. The number of rotatable bonds is 9. The van der Waals surface area contributed by atoms with E-state index in [1.165, 1.54) is 0 Å². The van der Waals surface area contributed by atoms with Gasteiger partial charge in [0.15, 0.2) is 5.78 Å². The smallest absolute Gasteiger partial charge is 0.297 e. The molecule has 9 nitrogen and oxygen atoms in total. The first-order chi connectivity index (χ1) is 18.5. The van der Waals surface area contributed by atoms with Crippen molar-refractivity contribution in [3.05, 3.63) is 70.5 Å². The number of carbonyl (C=O) groups is 1. The Balaban J connectivity index is 1.46. The summed E-state index contributed by atoms with van der Waals surface area (Å²) in [7, 11) is 0. The van der Waals surface area contributed by atoms with Crippen LogP contribution < -0.4 is 5.69 Å². The summed E-state index contributed by atoms with van der Waals surface area (Å²) in [5.74, 6) is 1.22. The van der Waals surface area contributed by atoms with Gasteiger partial charge in [-0.1, -0.05) is 57.5 Å². The Labute approximate surface area is 222 Å². The quantitative estimate of drug-likeness (QED) is 0.342. The zero-order valence-electron chi connectivity index (χ0n) is 22.3. The van der Waals surface area contributed by atoms with Crippen molar-refractivity contribution in [3.63, 3.8) is 0 Å². The monoisotopic (exact) mass is 513 g/mol. The molecule has 2 atom stereocenters. The molecule has 1 saturated carbocycles. The van der Waals surface area contributed by atoms with Gasteiger partial charge in [-0.25, -0.2) is 4.79 Å². The Morgan fingerprint density at radius 3 is 2.61 bits per heavy atom. The van der Waals surface area contributed by atoms with Crippen LogP contribution in [0.15, 0.2) is 53.6 Å². The summed E-state index contributed by atoms with van der Waals surface area (Å²) in [4.78, 5) is 31.5. The van der Waals surface area contributed by atoms with Crippen molar-refractivity contribution in [2.75, 3.05) is 0 Å². The van der Waals surface area contributed by atoms with E-state index >= 15 is 0 Å². The highest BCUT2D eigenvalue weighted by Crippen LogP contribution is 2.36. The average molecular weight is 514 g/mol. The summed E-state index contributed by atoms with van der Waals surface area (Å²) < 4.78 is 3.57. The lowest BCUT2D eigenvalue weighted by Gasteiger charge is -2.33. The number of H-pyrrole nitrogens is 1. The molecule has 0 aliphatic heterocycles. The van der Waals surface area contributed by atoms with E-state index in [4.69, 9.17) is 4.98 Å². The second-order valence-electron chi connectivity index (χ2n) is 10.5. The Kier molecular flexibility index (Phi) is 7.62. The predicted molar refractivity (Wildman–Crippen MR) is 145 cm³/mol. The van der Waals surface area contributed by atoms with Crippen molar-refractivity contribution in [2.45, 2.75) is 71.9 Å². The van der Waals surface area contributed by atoms with Gasteiger partial charge in [-0.2, -0.15) is 5.21 Å². The lowest BCUT2D eigenvalue weighted by Crippen LogP contribution is -2.39. The van der Waals surface area contributed by atoms with E-state index in [2.05, 4.69) is 41.4 Å². The number of pyridine rings is 1. The standard InChI is InChI=1S/C29H35N7O2/c1-4-5-9-21-18-36(27-22(19(2)3)12-8-13-26(27)37)29(38)35(21)17-20-14-15-25(30-16-20)23-10-6-7-11-24(23)28-31-33-34-32-28/h6-7,10-11,14-16,18-19,22,27H,4-5,8-9,12-13,17H2,1-3H3,(H,31,32,33,34). The zero-order valence-corrected chi connectivity index (χ0v) is 22.3. The van der Waals surface area contributed by atoms with Crippen molar-refractivity contribution < 1.29 is 4.79 Å². The van der Waals surface area contributed by atoms with E-state index < -0.39 is 0 Å². The molecule has 0 radical (unpaired) electrons. The van der Waals surface area contributed by atoms with Crippen LogP contribution in [0.5, 0.6) is 0 Å². The van der Waals surface area contributed by atoms with Gasteiger partial charge in [0, 0.05) is 35.6 Å². The normalized spacial score (nSPS) is 17.8. The number of nitrogens with one attached hydrogen (secondary N) is 1. The fourth-order valence-electron chi connectivity index (χ4n) is 5.63. The maximum atomic E-state index is 13.8. The van der Waals surface area contributed by atoms with Gasteiger partial charge in [-0.15, -0.1) is 10.2 Å². The van der Waals surface area contributed by atoms with Crippen molar-refractivity contribution in [1.82, 2.24) is 34.7 Å². The van der Waals surface area contributed by atoms with Crippen molar-refractivity contribution in [3.8, 4) is 22.6 Å². The van der Waals surface area contributed by atoms with Crippen LogP contribution in [0.25, 0.3) is 22.6 Å². The molecule has 0 bridgehead atoms. The fourth-order valence-corrected chi connectivity index (χ4v) is 5.63. The molecule has 3 aromatic heterocycles. The maximum absolute atomic E-state index is 13.8. The molecule has 2 unspecified atom stereocenters. The van der Waals surface area contributed by atoms with Gasteiger partial charge < -0.3 is 0 Å². The van der Waals surface area contributed by atoms with Gasteiger partial charge in [0.25, 0.3) is 0 Å². The molecule has 0 saturated heterocycles. The molecule has 0 spiro atoms. The average Bonchev–Trinajstić information content (AvgIpc) is 3.57. The summed E-state index contributed by atoms with van der Waals surface area (Å²) in [6.07, 6.45) is 9.02. The summed E-state index contributed by atoms with van der Waals surface area (Å²) in [6.45, 7) is 6.87. The largest absolute Gasteiger partial charge is 0.329 e. The van der Waals surface area contributed by atoms with Crippen LogP contribution in [0.3, 0.4) is 0 Å². The number of Topliss-reactive ketones (excluding diaryl/α,β-unsaturated/α-hetero) is 1. The molecule has 1 aromatic carbocycles. The van der Waals surface area contributed by atoms with Crippen LogP contribution in [0, 0.1) is 11.8 Å². The number of benzene rings is 1. The summed E-state index contributed by atoms with van der Waals surface area (Å²) in [5.41, 5.74) is 4.34. The van der Waals surface area contributed by atoms with Gasteiger partial charge in [-0.05, 0) is 54.4 Å². The van der Waals surface area contributed by atoms with E-state index in [-0.39, 0.29) is 23.4 Å². The highest BCUT2D eigenvalue weighted by Gasteiger charge is 2.36. The van der Waals surface area contributed by atoms with Gasteiger partial charge >= 0.3 is 5.69 Å². The lowest BCUT2D eigenvalue weighted by atomic mass is 9.77. The molecular formula is C29H35N7O2. The van der Waals surface area contributed by atoms with Crippen molar-refractivity contribution in [1.29, 1.82) is 0 Å². The Morgan fingerprint density at radius 2 is 1.92 bits per heavy atom. The highest BCUT2D eigenvalue weighted by atomic mass is 16.2. The second kappa shape index (κ2) is 11.2. The lowest BCUT2D eigenvalue weighted by molar-refractivity contribution is -0.126. The Hall–Kier alpha value is -3.88. The van der Waals surface area contributed by atoms with E-state index in [9.17, 15) is 9.59 Å². The summed E-state index contributed by atoms with van der Waals surface area (Å²) >= 11 is 0. The minimum atomic E-state index is -0.375. The first kappa shape index (κ1) is 25.8. The summed E-state index contributed by atoms with van der Waals surface area (Å²) in [5, 5.41) is 14.4. The second-order valence-corrected chi connectivity index (χ2v) is 10.5. The SMILES string of the molecule is CCCCc1cn(C2C(=O)CCCC2C(C)C)c(=O)n1Cc1ccc(-c2ccccc2-c2nn[nH]n2)nc1. The number of hydrogen-bond donors (Lipinski definition) is 1. The molecular weight excluding hydrogens is 478 g/mol. The van der Waals surface area contributed by atoms with Gasteiger partial charge in [-0.3, -0.25) is 18.9 Å². The number of imidazole rings is 1. The minimum absolute atomic E-state index is 0.103. The van der Waals surface area contributed by atoms with Gasteiger partial charge in [0.1, 0.15) is 0 Å². The highest BCUT2D eigenvalue weighted by molar-refractivity contribution is 5.83. The number of hydrogen-bond acceptors (Lipinski definition) is 6. The van der Waals surface area contributed by atoms with Gasteiger partial charge in [0.05, 0.1) is 18.3 Å². The minimum Gasteiger partial charge on any atom is -0.297 e. The Bertz CT molecular complexity index is 1430. The van der Waals surface area contributed by atoms with Crippen molar-refractivity contribution in [2.24, 2.45) is 11.8 Å². The number of aromatic amines is 1. The molecule has 198 valence electrons. The first-order valence-corrected chi connectivity index (χ1v) is 13.6. The molecule has 9 heteroatoms. The van der Waals surface area contributed by atoms with Crippen LogP contribution in [0.4, 0.5) is 0 Å². The number of carbonyl (C=O) groups excluding carboxylic acids is 1. The first-order valence-electron chi connectivity index (χ1n) is 13.6. The zero-order chi connectivity index (χ0) is 26.6. The number of ketones is 1. The topological polar surface area (TPSA) is 111 Å². The number of nitrogens with zero attached hydrogens (tertiary/aromatic N) is 6. The van der Waals surface area contributed by atoms with E-state index in [0.717, 1.165) is 60.2 Å². The third-order valence-corrected chi connectivity index (χ3v) is 7.68. The maximum Gasteiger partial charge on any atom is 0.329 e. The van der Waals surface area contributed by atoms with Crippen LogP contribution in [-0.2, 0) is 17.8 Å². The number of tetrazole rings is 1. The molecule has 1 fully saturated rings. The predicted octanol–water partition coefficient (Wildman–Crippen LogP) is 4.85. The Morgan fingerprint density at radius 1 is 1.11 bits per heavy atom. The molecule has 3 heterocycles. The number of aryl methyl sites for hydroxylation is 1. The number of unbranched alkanes of at least 4 members (excludes halogenated alkanes) is 1. The fraction of sp³-hybridized carbons (Fsp3) is 0.448. The molecule has 0 amide bonds. The molecule has 1 aliphatic carbocycles. The van der Waals surface area contributed by atoms with E-state index in [0.29, 0.717) is 24.7 Å². The molecule has 5 rings (SSSR count). The van der Waals surface area contributed by atoms with E-state index in [1.807, 2.05) is 53.4 Å². The third kappa shape index (κ3) is 5.10. The van der Waals surface area contributed by atoms with E-state index in [1.54, 1.807) is 4.57 Å². The van der Waals surface area contributed by atoms with Crippen LogP contribution >= 0.6 is 0 Å². The number of aromatic nitrogens is 7.